The van der Waals surface area contributed by atoms with E-state index >= 15 is 0 Å². The molecule has 0 saturated carbocycles. The molecule has 17 heavy (non-hydrogen) atoms. The van der Waals surface area contributed by atoms with E-state index in [1.165, 1.54) is 0 Å². The third-order valence-corrected chi connectivity index (χ3v) is 5.44. The lowest BCUT2D eigenvalue weighted by Crippen LogP contribution is -2.64. The average molecular weight is 266 g/mol. The van der Waals surface area contributed by atoms with Gasteiger partial charge in [0, 0.05) is 0 Å². The van der Waals surface area contributed by atoms with E-state index in [9.17, 15) is 14.6 Å². The summed E-state index contributed by atoms with van der Waals surface area (Å²) >= 11 is 0. The summed E-state index contributed by atoms with van der Waals surface area (Å²) in [5, 5.41) is 10.6. The predicted molar refractivity (Wildman–Crippen MR) is 59.5 cm³/mol. The Bertz CT molecular complexity index is 406. The number of hydrogen-bond acceptors (Lipinski definition) is 5. The first kappa shape index (κ1) is 13.5. The van der Waals surface area contributed by atoms with Crippen LogP contribution in [0, 0.1) is 0 Å². The van der Waals surface area contributed by atoms with E-state index in [-0.39, 0.29) is 6.61 Å². The highest BCUT2D eigenvalue weighted by molar-refractivity contribution is 7.47. The third-order valence-electron chi connectivity index (χ3n) is 4.39. The fourth-order valence-corrected chi connectivity index (χ4v) is 3.96. The lowest BCUT2D eigenvalue weighted by atomic mass is 9.71. The molecular formula is C10H19O6P. The van der Waals surface area contributed by atoms with Crippen molar-refractivity contribution < 1.29 is 28.3 Å². The summed E-state index contributed by atoms with van der Waals surface area (Å²) in [6, 6.07) is 0. The molecule has 0 spiro atoms. The van der Waals surface area contributed by atoms with Gasteiger partial charge < -0.3 is 14.7 Å². The van der Waals surface area contributed by atoms with Crippen LogP contribution in [0.2, 0.25) is 0 Å². The van der Waals surface area contributed by atoms with E-state index in [0.717, 1.165) is 0 Å². The maximum atomic E-state index is 11.6. The first-order chi connectivity index (χ1) is 7.37. The molecule has 0 aromatic heterocycles. The second-order valence-electron chi connectivity index (χ2n) is 5.78. The van der Waals surface area contributed by atoms with Gasteiger partial charge in [-0.3, -0.25) is 9.05 Å². The zero-order valence-corrected chi connectivity index (χ0v) is 11.6. The smallest absolute Gasteiger partial charge is 0.384 e. The van der Waals surface area contributed by atoms with Crippen molar-refractivity contribution in [1.82, 2.24) is 0 Å². The Morgan fingerprint density at radius 1 is 1.18 bits per heavy atom. The van der Waals surface area contributed by atoms with Gasteiger partial charge >= 0.3 is 7.82 Å². The van der Waals surface area contributed by atoms with Crippen molar-refractivity contribution in [3.05, 3.63) is 0 Å². The highest BCUT2D eigenvalue weighted by atomic mass is 31.2. The Kier molecular flexibility index (Phi) is 2.48. The van der Waals surface area contributed by atoms with Crippen molar-refractivity contribution in [2.75, 3.05) is 6.61 Å². The summed E-state index contributed by atoms with van der Waals surface area (Å²) < 4.78 is 27.3. The number of phosphoric ester groups is 1. The quantitative estimate of drug-likeness (QED) is 0.641. The van der Waals surface area contributed by atoms with Crippen LogP contribution in [0.4, 0.5) is 0 Å². The zero-order valence-electron chi connectivity index (χ0n) is 10.7. The summed E-state index contributed by atoms with van der Waals surface area (Å²) in [6.45, 7) is 8.16. The van der Waals surface area contributed by atoms with Crippen LogP contribution < -0.4 is 0 Å². The van der Waals surface area contributed by atoms with Crippen molar-refractivity contribution in [1.29, 1.82) is 0 Å². The Morgan fingerprint density at radius 2 is 1.71 bits per heavy atom. The van der Waals surface area contributed by atoms with Gasteiger partial charge in [-0.25, -0.2) is 4.57 Å². The molecule has 2 unspecified atom stereocenters. The highest BCUT2D eigenvalue weighted by Gasteiger charge is 2.75. The Balaban J connectivity index is 2.56. The first-order valence-corrected chi connectivity index (χ1v) is 6.97. The zero-order chi connectivity index (χ0) is 13.3. The van der Waals surface area contributed by atoms with Crippen LogP contribution in [-0.2, 0) is 18.3 Å². The SMILES string of the molecule is CC1(C)O[C@]2(C)COP(=O)(O)OC2(C)[C@]1(C)O. The number of rotatable bonds is 0. The van der Waals surface area contributed by atoms with Crippen molar-refractivity contribution in [3.63, 3.8) is 0 Å². The Hall–Kier alpha value is 0.0300. The van der Waals surface area contributed by atoms with Crippen molar-refractivity contribution in [2.24, 2.45) is 0 Å². The Labute approximate surface area is 100 Å². The molecule has 7 heteroatoms. The molecule has 0 aromatic rings. The molecule has 2 N–H and O–H groups in total. The number of phosphoric acid groups is 1. The first-order valence-electron chi connectivity index (χ1n) is 5.48. The monoisotopic (exact) mass is 266 g/mol. The molecular weight excluding hydrogens is 247 g/mol. The number of hydrogen-bond donors (Lipinski definition) is 2. The van der Waals surface area contributed by atoms with E-state index in [0.29, 0.717) is 0 Å². The van der Waals surface area contributed by atoms with Crippen LogP contribution >= 0.6 is 7.82 Å². The van der Waals surface area contributed by atoms with Crippen LogP contribution in [-0.4, -0.2) is 39.0 Å². The molecule has 2 fully saturated rings. The summed E-state index contributed by atoms with van der Waals surface area (Å²) in [6.07, 6.45) is 0. The van der Waals surface area contributed by atoms with Gasteiger partial charge in [-0.05, 0) is 34.6 Å². The molecule has 0 radical (unpaired) electrons. The molecule has 6 nitrogen and oxygen atoms in total. The van der Waals surface area contributed by atoms with Crippen LogP contribution in [0.15, 0.2) is 0 Å². The van der Waals surface area contributed by atoms with E-state index < -0.39 is 30.2 Å². The van der Waals surface area contributed by atoms with Gasteiger partial charge in [-0.15, -0.1) is 0 Å². The standard InChI is InChI=1S/C10H19O6P/c1-7(2)9(4,11)10(5)8(3,15-7)6-14-17(12,13)16-10/h11H,6H2,1-5H3,(H,12,13)/t8-,9-,10?/m1/s1. The van der Waals surface area contributed by atoms with Gasteiger partial charge in [0.25, 0.3) is 0 Å². The van der Waals surface area contributed by atoms with Gasteiger partial charge in [0.1, 0.15) is 16.8 Å². The van der Waals surface area contributed by atoms with Crippen molar-refractivity contribution in [2.45, 2.75) is 57.0 Å². The van der Waals surface area contributed by atoms with Gasteiger partial charge in [0.2, 0.25) is 0 Å². The fraction of sp³-hybridized carbons (Fsp3) is 1.00. The second kappa shape index (κ2) is 3.13. The molecule has 2 rings (SSSR count). The molecule has 0 amide bonds. The average Bonchev–Trinajstić information content (AvgIpc) is 2.20. The van der Waals surface area contributed by atoms with E-state index in [4.69, 9.17) is 13.8 Å². The largest absolute Gasteiger partial charge is 0.473 e. The van der Waals surface area contributed by atoms with Crippen LogP contribution in [0.1, 0.15) is 34.6 Å². The lowest BCUT2D eigenvalue weighted by molar-refractivity contribution is -0.182. The number of aliphatic hydroxyl groups is 1. The molecule has 2 aliphatic heterocycles. The van der Waals surface area contributed by atoms with Gasteiger partial charge in [-0.1, -0.05) is 0 Å². The summed E-state index contributed by atoms with van der Waals surface area (Å²) in [7, 11) is -4.14. The second-order valence-corrected chi connectivity index (χ2v) is 7.16. The van der Waals surface area contributed by atoms with E-state index in [2.05, 4.69) is 0 Å². The minimum atomic E-state index is -4.14. The molecule has 2 saturated heterocycles. The van der Waals surface area contributed by atoms with Crippen LogP contribution in [0.25, 0.3) is 0 Å². The maximum Gasteiger partial charge on any atom is 0.473 e. The number of ether oxygens (including phenoxy) is 1. The van der Waals surface area contributed by atoms with Crippen LogP contribution in [0.5, 0.6) is 0 Å². The summed E-state index contributed by atoms with van der Waals surface area (Å²) in [5.74, 6) is 0. The van der Waals surface area contributed by atoms with Gasteiger partial charge in [0.15, 0.2) is 0 Å². The van der Waals surface area contributed by atoms with Gasteiger partial charge in [-0.2, -0.15) is 0 Å². The molecule has 2 aliphatic rings. The van der Waals surface area contributed by atoms with E-state index in [1.54, 1.807) is 34.6 Å². The topological polar surface area (TPSA) is 85.2 Å². The molecule has 0 aromatic carbocycles. The minimum Gasteiger partial charge on any atom is -0.384 e. The molecule has 4 atom stereocenters. The molecule has 2 heterocycles. The summed E-state index contributed by atoms with van der Waals surface area (Å²) in [5.41, 5.74) is -4.62. The maximum absolute atomic E-state index is 11.6. The molecule has 0 bridgehead atoms. The van der Waals surface area contributed by atoms with Crippen LogP contribution in [0.3, 0.4) is 0 Å². The third kappa shape index (κ3) is 1.49. The summed E-state index contributed by atoms with van der Waals surface area (Å²) in [4.78, 5) is 9.45. The highest BCUT2D eigenvalue weighted by Crippen LogP contribution is 2.64. The predicted octanol–water partition coefficient (Wildman–Crippen LogP) is 1.21. The van der Waals surface area contributed by atoms with Crippen molar-refractivity contribution >= 4 is 7.82 Å². The normalized spacial score (nSPS) is 57.8. The van der Waals surface area contributed by atoms with Crippen molar-refractivity contribution in [3.8, 4) is 0 Å². The minimum absolute atomic E-state index is 0.100. The lowest BCUT2D eigenvalue weighted by Gasteiger charge is -2.48. The van der Waals surface area contributed by atoms with Gasteiger partial charge in [0.05, 0.1) is 12.2 Å². The molecule has 0 aliphatic carbocycles. The molecule has 100 valence electrons. The Morgan fingerprint density at radius 3 is 2.24 bits per heavy atom. The number of fused-ring (bicyclic) bond motifs is 1. The van der Waals surface area contributed by atoms with E-state index in [1.807, 2.05) is 0 Å². The fourth-order valence-electron chi connectivity index (χ4n) is 2.66.